The topological polar surface area (TPSA) is 126 Å². The number of anilines is 1. The van der Waals surface area contributed by atoms with Crippen LogP contribution in [0.25, 0.3) is 0 Å². The fourth-order valence-electron chi connectivity index (χ4n) is 4.36. The highest BCUT2D eigenvalue weighted by atomic mass is 19.3. The number of amides is 2. The largest absolute Gasteiger partial charge is 0.415 e. The molecule has 4 rings (SSSR count). The quantitative estimate of drug-likeness (QED) is 0.464. The predicted molar refractivity (Wildman–Crippen MR) is 126 cm³/mol. The molecule has 0 unspecified atom stereocenters. The average molecular weight is 500 g/mol. The number of carbonyl (C=O) groups is 2. The first-order valence-corrected chi connectivity index (χ1v) is 11.5. The molecule has 2 aromatic heterocycles. The van der Waals surface area contributed by atoms with Crippen molar-refractivity contribution in [1.29, 1.82) is 0 Å². The van der Waals surface area contributed by atoms with Gasteiger partial charge in [-0.05, 0) is 36.1 Å². The van der Waals surface area contributed by atoms with E-state index >= 15 is 0 Å². The van der Waals surface area contributed by atoms with E-state index in [-0.39, 0.29) is 42.9 Å². The Morgan fingerprint density at radius 2 is 1.94 bits per heavy atom. The third kappa shape index (κ3) is 5.16. The van der Waals surface area contributed by atoms with Gasteiger partial charge in [0.2, 0.25) is 17.7 Å². The van der Waals surface area contributed by atoms with Gasteiger partial charge in [-0.15, -0.1) is 10.2 Å². The second-order valence-corrected chi connectivity index (χ2v) is 9.04. The molecule has 2 amide bonds. The molecule has 0 aliphatic carbocycles. The van der Waals surface area contributed by atoms with Crippen molar-refractivity contribution in [2.75, 3.05) is 18.4 Å². The van der Waals surface area contributed by atoms with Crippen LogP contribution in [0.4, 0.5) is 14.5 Å². The van der Waals surface area contributed by atoms with E-state index in [1.807, 2.05) is 38.1 Å². The van der Waals surface area contributed by atoms with Crippen molar-refractivity contribution in [3.63, 3.8) is 0 Å². The number of nitrogens with one attached hydrogen (secondary N) is 2. The molecule has 0 radical (unpaired) electrons. The molecule has 0 spiro atoms. The Kier molecular flexibility index (Phi) is 7.22. The molecule has 2 N–H and O–H groups in total. The van der Waals surface area contributed by atoms with Gasteiger partial charge in [0, 0.05) is 31.6 Å². The highest BCUT2D eigenvalue weighted by molar-refractivity contribution is 6.02. The molecule has 190 valence electrons. The Morgan fingerprint density at radius 1 is 1.19 bits per heavy atom. The number of aryl methyl sites for hydroxylation is 2. The van der Waals surface area contributed by atoms with Crippen LogP contribution in [0.3, 0.4) is 0 Å². The number of pyridine rings is 1. The molecule has 1 aliphatic heterocycles. The van der Waals surface area contributed by atoms with Gasteiger partial charge in [-0.2, -0.15) is 14.0 Å². The molecule has 1 fully saturated rings. The highest BCUT2D eigenvalue weighted by Crippen LogP contribution is 2.40. The number of ether oxygens (including phenoxy) is 1. The number of halogens is 2. The monoisotopic (exact) mass is 499 g/mol. The Balaban J connectivity index is 1.61. The zero-order valence-electron chi connectivity index (χ0n) is 20.2. The number of aromatic amines is 1. The third-order valence-electron chi connectivity index (χ3n) is 6.21. The molecule has 0 bridgehead atoms. The lowest BCUT2D eigenvalue weighted by Gasteiger charge is -2.50. The van der Waals surface area contributed by atoms with Gasteiger partial charge in [0.1, 0.15) is 11.1 Å². The number of hydrogen-bond donors (Lipinski definition) is 2. The van der Waals surface area contributed by atoms with Crippen LogP contribution in [0.5, 0.6) is 5.88 Å². The molecule has 1 aromatic carbocycles. The number of likely N-dealkylation sites (tertiary alicyclic amines) is 1. The summed E-state index contributed by atoms with van der Waals surface area (Å²) in [5.41, 5.74) is 1.18. The van der Waals surface area contributed by atoms with Gasteiger partial charge in [0.15, 0.2) is 5.82 Å². The molecule has 1 saturated heterocycles. The number of tetrazole rings is 1. The molecule has 0 atom stereocenters. The lowest BCUT2D eigenvalue weighted by atomic mass is 9.69. The van der Waals surface area contributed by atoms with Crippen molar-refractivity contribution >= 4 is 17.5 Å². The maximum absolute atomic E-state index is 13.8. The van der Waals surface area contributed by atoms with Gasteiger partial charge in [0.05, 0.1) is 0 Å². The summed E-state index contributed by atoms with van der Waals surface area (Å²) in [7, 11) is 0. The van der Waals surface area contributed by atoms with E-state index in [0.717, 1.165) is 11.1 Å². The lowest BCUT2D eigenvalue weighted by molar-refractivity contribution is -0.144. The summed E-state index contributed by atoms with van der Waals surface area (Å²) in [6.45, 7) is 2.86. The van der Waals surface area contributed by atoms with Crippen LogP contribution >= 0.6 is 0 Å². The Bertz CT molecular complexity index is 1230. The molecule has 36 heavy (non-hydrogen) atoms. The van der Waals surface area contributed by atoms with Crippen molar-refractivity contribution in [2.45, 2.75) is 51.6 Å². The first-order valence-electron chi connectivity index (χ1n) is 11.5. The normalized spacial score (nSPS) is 14.6. The van der Waals surface area contributed by atoms with Crippen LogP contribution in [0.1, 0.15) is 48.8 Å². The van der Waals surface area contributed by atoms with E-state index in [9.17, 15) is 18.4 Å². The molecule has 3 aromatic rings. The van der Waals surface area contributed by atoms with E-state index in [4.69, 9.17) is 0 Å². The fraction of sp³-hybridized carbons (Fsp3) is 0.417. The minimum Gasteiger partial charge on any atom is -0.415 e. The van der Waals surface area contributed by atoms with Gasteiger partial charge < -0.3 is 15.0 Å². The first-order chi connectivity index (χ1) is 17.2. The number of aromatic nitrogens is 5. The summed E-state index contributed by atoms with van der Waals surface area (Å²) >= 11 is 0. The van der Waals surface area contributed by atoms with Crippen molar-refractivity contribution in [3.05, 3.63) is 59.0 Å². The van der Waals surface area contributed by atoms with Crippen molar-refractivity contribution in [2.24, 2.45) is 0 Å². The van der Waals surface area contributed by atoms with Gasteiger partial charge >= 0.3 is 6.61 Å². The van der Waals surface area contributed by atoms with E-state index in [1.54, 1.807) is 17.9 Å². The number of H-pyrrole nitrogens is 1. The lowest BCUT2D eigenvalue weighted by Crippen LogP contribution is -2.66. The van der Waals surface area contributed by atoms with Crippen LogP contribution in [0, 0.1) is 6.92 Å². The average Bonchev–Trinajstić information content (AvgIpc) is 3.32. The summed E-state index contributed by atoms with van der Waals surface area (Å²) in [4.78, 5) is 32.2. The summed E-state index contributed by atoms with van der Waals surface area (Å²) < 4.78 is 30.5. The minimum atomic E-state index is -3.10. The van der Waals surface area contributed by atoms with Crippen LogP contribution < -0.4 is 10.1 Å². The maximum Gasteiger partial charge on any atom is 0.388 e. The van der Waals surface area contributed by atoms with E-state index in [1.165, 1.54) is 6.07 Å². The molecular formula is C24H27F2N7O3. The molecule has 0 saturated carbocycles. The van der Waals surface area contributed by atoms with Gasteiger partial charge in [0.25, 0.3) is 0 Å². The highest BCUT2D eigenvalue weighted by Gasteiger charge is 2.53. The second kappa shape index (κ2) is 10.3. The molecule has 12 heteroatoms. The number of alkyl halides is 2. The van der Waals surface area contributed by atoms with Crippen molar-refractivity contribution in [3.8, 4) is 5.88 Å². The van der Waals surface area contributed by atoms with E-state index in [2.05, 4.69) is 35.7 Å². The molecular weight excluding hydrogens is 472 g/mol. The van der Waals surface area contributed by atoms with Crippen LogP contribution in [0.15, 0.2) is 36.4 Å². The van der Waals surface area contributed by atoms with Gasteiger partial charge in [-0.1, -0.05) is 43.3 Å². The smallest absolute Gasteiger partial charge is 0.388 e. The van der Waals surface area contributed by atoms with E-state index in [0.29, 0.717) is 17.9 Å². The maximum atomic E-state index is 13.8. The first kappa shape index (κ1) is 25.1. The number of hydrogen-bond acceptors (Lipinski definition) is 7. The standard InChI is InChI=1S/C24H27F2N7O3/c1-14(2)16-6-4-5-7-17(16)24(12-33(13-24)20(34)11-10-19-29-31-32-30-19)22(35)28-18-9-8-15(3)27-21(18)36-23(25)26/h4-9,14,23H,10-13H2,1-3H3,(H,28,35)(H,29,30,31,32). The fourth-order valence-corrected chi connectivity index (χ4v) is 4.36. The van der Waals surface area contributed by atoms with Crippen molar-refractivity contribution < 1.29 is 23.1 Å². The zero-order chi connectivity index (χ0) is 25.9. The number of carbonyl (C=O) groups excluding carboxylic acids is 2. The third-order valence-corrected chi connectivity index (χ3v) is 6.21. The summed E-state index contributed by atoms with van der Waals surface area (Å²) in [5, 5.41) is 16.3. The minimum absolute atomic E-state index is 0.0363. The van der Waals surface area contributed by atoms with E-state index < -0.39 is 17.9 Å². The van der Waals surface area contributed by atoms with Crippen LogP contribution in [-0.2, 0) is 21.4 Å². The number of rotatable bonds is 9. The SMILES string of the molecule is Cc1ccc(NC(=O)C2(c3ccccc3C(C)C)CN(C(=O)CCc3nn[nH]n3)C2)c(OC(F)F)n1. The molecule has 10 nitrogen and oxygen atoms in total. The molecule has 1 aliphatic rings. The Hall–Kier alpha value is -3.96. The molecule has 3 heterocycles. The zero-order valence-corrected chi connectivity index (χ0v) is 20.2. The number of benzene rings is 1. The van der Waals surface area contributed by atoms with Crippen LogP contribution in [-0.4, -0.2) is 62.0 Å². The second-order valence-electron chi connectivity index (χ2n) is 9.04. The Morgan fingerprint density at radius 3 is 2.61 bits per heavy atom. The summed E-state index contributed by atoms with van der Waals surface area (Å²) in [6, 6.07) is 10.6. The number of nitrogens with zero attached hydrogens (tertiary/aromatic N) is 5. The van der Waals surface area contributed by atoms with Crippen LogP contribution in [0.2, 0.25) is 0 Å². The predicted octanol–water partition coefficient (Wildman–Crippen LogP) is 2.98. The Labute approximate surface area is 206 Å². The summed E-state index contributed by atoms with van der Waals surface area (Å²) in [6.07, 6.45) is 0.480. The van der Waals surface area contributed by atoms with Crippen molar-refractivity contribution in [1.82, 2.24) is 30.5 Å². The van der Waals surface area contributed by atoms with Gasteiger partial charge in [-0.25, -0.2) is 4.98 Å². The summed E-state index contributed by atoms with van der Waals surface area (Å²) in [5.74, 6) is -0.395. The van der Waals surface area contributed by atoms with Gasteiger partial charge in [-0.3, -0.25) is 9.59 Å².